The van der Waals surface area contributed by atoms with E-state index in [0.717, 1.165) is 21.7 Å². The minimum absolute atomic E-state index is 0.0262. The van der Waals surface area contributed by atoms with Gasteiger partial charge in [0.1, 0.15) is 17.0 Å². The van der Waals surface area contributed by atoms with E-state index < -0.39 is 10.0 Å². The molecule has 1 aliphatic rings. The van der Waals surface area contributed by atoms with Crippen LogP contribution in [0.25, 0.3) is 21.7 Å². The second kappa shape index (κ2) is 8.74. The number of nitrogens with one attached hydrogen (secondary N) is 1. The van der Waals surface area contributed by atoms with Gasteiger partial charge >= 0.3 is 5.63 Å². The fourth-order valence-corrected chi connectivity index (χ4v) is 6.64. The van der Waals surface area contributed by atoms with Crippen molar-refractivity contribution in [2.24, 2.45) is 0 Å². The standard InChI is InChI=1S/C24H20Cl2N2O4S/c25-18-6-7-20(26)22(14-18)33(30,31)28-11-9-27(10-12-28)15-17-13-23(29)32-21-8-5-16-3-1-2-4-19(16)24(17)21/h1-8,13-14H,9-12,15H2/p+1. The molecule has 2 heterocycles. The molecule has 0 bridgehead atoms. The lowest BCUT2D eigenvalue weighted by Crippen LogP contribution is -3.13. The molecule has 1 aromatic heterocycles. The van der Waals surface area contributed by atoms with Crippen LogP contribution in [0.2, 0.25) is 10.0 Å². The smallest absolute Gasteiger partial charge is 0.336 e. The molecule has 33 heavy (non-hydrogen) atoms. The Labute approximate surface area is 201 Å². The average molecular weight is 504 g/mol. The third-order valence-corrected chi connectivity index (χ3v) is 8.71. The molecule has 1 fully saturated rings. The Morgan fingerprint density at radius 3 is 2.52 bits per heavy atom. The monoisotopic (exact) mass is 503 g/mol. The van der Waals surface area contributed by atoms with Crippen LogP contribution < -0.4 is 10.5 Å². The van der Waals surface area contributed by atoms with E-state index in [1.807, 2.05) is 36.4 Å². The van der Waals surface area contributed by atoms with Gasteiger partial charge in [-0.15, -0.1) is 0 Å². The number of quaternary nitrogens is 1. The van der Waals surface area contributed by atoms with Gasteiger partial charge < -0.3 is 9.32 Å². The predicted molar refractivity (Wildman–Crippen MR) is 130 cm³/mol. The molecule has 0 aliphatic carbocycles. The molecule has 6 nitrogen and oxygen atoms in total. The summed E-state index contributed by atoms with van der Waals surface area (Å²) in [7, 11) is -3.74. The fraction of sp³-hybridized carbons (Fsp3) is 0.208. The predicted octanol–water partition coefficient (Wildman–Crippen LogP) is 3.34. The summed E-state index contributed by atoms with van der Waals surface area (Å²) in [6.07, 6.45) is 0. The van der Waals surface area contributed by atoms with E-state index in [9.17, 15) is 13.2 Å². The number of benzene rings is 3. The van der Waals surface area contributed by atoms with Crippen molar-refractivity contribution in [3.05, 3.63) is 86.7 Å². The Morgan fingerprint density at radius 1 is 0.970 bits per heavy atom. The molecular weight excluding hydrogens is 483 g/mol. The summed E-state index contributed by atoms with van der Waals surface area (Å²) in [6, 6.07) is 17.8. The van der Waals surface area contributed by atoms with Crippen molar-refractivity contribution in [2.45, 2.75) is 11.4 Å². The van der Waals surface area contributed by atoms with Crippen molar-refractivity contribution in [1.82, 2.24) is 4.31 Å². The van der Waals surface area contributed by atoms with Crippen molar-refractivity contribution < 1.29 is 17.7 Å². The Morgan fingerprint density at radius 2 is 1.73 bits per heavy atom. The van der Waals surface area contributed by atoms with Crippen LogP contribution >= 0.6 is 23.2 Å². The number of hydrogen-bond acceptors (Lipinski definition) is 4. The minimum Gasteiger partial charge on any atom is -0.423 e. The summed E-state index contributed by atoms with van der Waals surface area (Å²) in [5.74, 6) is 0. The molecule has 4 aromatic rings. The van der Waals surface area contributed by atoms with Crippen LogP contribution in [0.15, 0.2) is 74.8 Å². The molecule has 3 aromatic carbocycles. The average Bonchev–Trinajstić information content (AvgIpc) is 2.80. The van der Waals surface area contributed by atoms with Crippen LogP contribution in [0.4, 0.5) is 0 Å². The Balaban J connectivity index is 1.40. The first-order chi connectivity index (χ1) is 15.8. The van der Waals surface area contributed by atoms with E-state index in [4.69, 9.17) is 27.6 Å². The lowest BCUT2D eigenvalue weighted by Gasteiger charge is -2.32. The quantitative estimate of drug-likeness (QED) is 0.342. The number of rotatable bonds is 4. The SMILES string of the molecule is O=c1cc(C[NH+]2CCN(S(=O)(=O)c3cc(Cl)ccc3Cl)CC2)c2c(ccc3ccccc32)o1. The minimum atomic E-state index is -3.74. The Kier molecular flexibility index (Phi) is 5.93. The summed E-state index contributed by atoms with van der Waals surface area (Å²) in [4.78, 5) is 13.4. The molecule has 1 saturated heterocycles. The number of fused-ring (bicyclic) bond motifs is 3. The highest BCUT2D eigenvalue weighted by atomic mass is 35.5. The zero-order valence-electron chi connectivity index (χ0n) is 17.6. The number of hydrogen-bond donors (Lipinski definition) is 1. The van der Waals surface area contributed by atoms with E-state index in [2.05, 4.69) is 0 Å². The van der Waals surface area contributed by atoms with Gasteiger partial charge in [0.25, 0.3) is 0 Å². The Hall–Kier alpha value is -2.42. The molecule has 0 amide bonds. The van der Waals surface area contributed by atoms with Crippen molar-refractivity contribution >= 4 is 55.0 Å². The molecular formula is C24H21Cl2N2O4S+. The zero-order valence-corrected chi connectivity index (χ0v) is 19.9. The van der Waals surface area contributed by atoms with E-state index in [0.29, 0.717) is 43.3 Å². The second-order valence-electron chi connectivity index (χ2n) is 8.16. The highest BCUT2D eigenvalue weighted by Gasteiger charge is 2.32. The summed E-state index contributed by atoms with van der Waals surface area (Å²) in [5.41, 5.74) is 1.08. The first kappa shape index (κ1) is 22.4. The molecule has 0 spiro atoms. The first-order valence-electron chi connectivity index (χ1n) is 10.6. The van der Waals surface area contributed by atoms with Gasteiger partial charge in [-0.2, -0.15) is 4.31 Å². The van der Waals surface area contributed by atoms with Crippen LogP contribution in [-0.2, 0) is 16.6 Å². The molecule has 9 heteroatoms. The number of piperazine rings is 1. The molecule has 170 valence electrons. The normalized spacial score (nSPS) is 15.9. The van der Waals surface area contributed by atoms with Gasteiger partial charge in [-0.25, -0.2) is 13.2 Å². The summed E-state index contributed by atoms with van der Waals surface area (Å²) in [5, 5.41) is 3.52. The van der Waals surface area contributed by atoms with Crippen LogP contribution in [0.3, 0.4) is 0 Å². The molecule has 0 atom stereocenters. The molecule has 0 radical (unpaired) electrons. The van der Waals surface area contributed by atoms with Crippen LogP contribution in [0, 0.1) is 0 Å². The van der Waals surface area contributed by atoms with E-state index in [1.54, 1.807) is 12.1 Å². The number of nitrogens with zero attached hydrogens (tertiary/aromatic N) is 1. The van der Waals surface area contributed by atoms with Crippen molar-refractivity contribution in [2.75, 3.05) is 26.2 Å². The lowest BCUT2D eigenvalue weighted by atomic mass is 10.0. The second-order valence-corrected chi connectivity index (χ2v) is 10.9. The van der Waals surface area contributed by atoms with Gasteiger partial charge in [0.15, 0.2) is 0 Å². The largest absolute Gasteiger partial charge is 0.423 e. The van der Waals surface area contributed by atoms with Gasteiger partial charge in [-0.3, -0.25) is 0 Å². The molecule has 0 unspecified atom stereocenters. The third-order valence-electron chi connectivity index (χ3n) is 6.10. The topological polar surface area (TPSA) is 72.0 Å². The fourth-order valence-electron chi connectivity index (χ4n) is 4.46. The molecule has 5 rings (SSSR count). The maximum absolute atomic E-state index is 13.1. The van der Waals surface area contributed by atoms with E-state index in [-0.39, 0.29) is 15.5 Å². The van der Waals surface area contributed by atoms with Gasteiger partial charge in [0, 0.05) is 22.0 Å². The third kappa shape index (κ3) is 4.27. The van der Waals surface area contributed by atoms with E-state index >= 15 is 0 Å². The lowest BCUT2D eigenvalue weighted by molar-refractivity contribution is -0.917. The van der Waals surface area contributed by atoms with Crippen molar-refractivity contribution in [3.63, 3.8) is 0 Å². The zero-order chi connectivity index (χ0) is 23.2. The maximum atomic E-state index is 13.1. The van der Waals surface area contributed by atoms with Crippen LogP contribution in [-0.4, -0.2) is 38.9 Å². The maximum Gasteiger partial charge on any atom is 0.336 e. The van der Waals surface area contributed by atoms with Gasteiger partial charge in [0.05, 0.1) is 31.2 Å². The van der Waals surface area contributed by atoms with Gasteiger partial charge in [0.2, 0.25) is 10.0 Å². The van der Waals surface area contributed by atoms with E-state index in [1.165, 1.54) is 21.3 Å². The summed E-state index contributed by atoms with van der Waals surface area (Å²) in [6.45, 7) is 2.50. The summed E-state index contributed by atoms with van der Waals surface area (Å²) >= 11 is 12.1. The summed E-state index contributed by atoms with van der Waals surface area (Å²) < 4.78 is 33.1. The highest BCUT2D eigenvalue weighted by Crippen LogP contribution is 2.29. The van der Waals surface area contributed by atoms with Crippen molar-refractivity contribution in [1.29, 1.82) is 0 Å². The highest BCUT2D eigenvalue weighted by molar-refractivity contribution is 7.89. The van der Waals surface area contributed by atoms with Crippen LogP contribution in [0.1, 0.15) is 5.56 Å². The molecule has 1 aliphatic heterocycles. The molecule has 1 N–H and O–H groups in total. The van der Waals surface area contributed by atoms with Crippen molar-refractivity contribution in [3.8, 4) is 0 Å². The Bertz CT molecular complexity index is 1530. The number of sulfonamides is 1. The number of halogens is 2. The van der Waals surface area contributed by atoms with Gasteiger partial charge in [-0.1, -0.05) is 53.5 Å². The molecule has 0 saturated carbocycles. The van der Waals surface area contributed by atoms with Gasteiger partial charge in [-0.05, 0) is 35.0 Å². The first-order valence-corrected chi connectivity index (χ1v) is 12.8. The van der Waals surface area contributed by atoms with Crippen LogP contribution in [0.5, 0.6) is 0 Å².